The fraction of sp³-hybridized carbons (Fsp3) is 0.750. The highest BCUT2D eigenvalue weighted by Crippen LogP contribution is 2.65. The number of amides is 2. The van der Waals surface area contributed by atoms with E-state index in [1.54, 1.807) is 15.9 Å². The van der Waals surface area contributed by atoms with Crippen LogP contribution in [0.5, 0.6) is 0 Å². The van der Waals surface area contributed by atoms with E-state index in [0.717, 1.165) is 19.3 Å². The van der Waals surface area contributed by atoms with Crippen LogP contribution in [-0.2, 0) is 23.9 Å². The first-order valence-corrected chi connectivity index (χ1v) is 13.4. The number of aliphatic hydroxyl groups excluding tert-OH is 1. The van der Waals surface area contributed by atoms with E-state index >= 15 is 0 Å². The lowest BCUT2D eigenvalue weighted by molar-refractivity contribution is -0.161. The molecule has 2 amide bonds. The summed E-state index contributed by atoms with van der Waals surface area (Å²) in [6.45, 7) is 16.4. The molecule has 3 heterocycles. The molecule has 0 aliphatic carbocycles. The van der Waals surface area contributed by atoms with Crippen LogP contribution in [0.3, 0.4) is 0 Å². The number of nitrogens with zero attached hydrogens (tertiary/aromatic N) is 2. The minimum absolute atomic E-state index is 0.0257. The number of carbonyl (C=O) groups excluding carboxylic acids is 3. The summed E-state index contributed by atoms with van der Waals surface area (Å²) in [5.74, 6) is -2.42. The van der Waals surface area contributed by atoms with E-state index in [9.17, 15) is 19.5 Å². The van der Waals surface area contributed by atoms with Gasteiger partial charge in [0.05, 0.1) is 11.5 Å². The summed E-state index contributed by atoms with van der Waals surface area (Å²) >= 11 is 0. The Morgan fingerprint density at radius 1 is 1.31 bits per heavy atom. The van der Waals surface area contributed by atoms with Crippen molar-refractivity contribution in [2.75, 3.05) is 26.3 Å². The van der Waals surface area contributed by atoms with Crippen molar-refractivity contribution >= 4 is 17.8 Å². The van der Waals surface area contributed by atoms with E-state index in [1.165, 1.54) is 6.08 Å². The number of fused-ring (bicyclic) bond motifs is 1. The zero-order valence-corrected chi connectivity index (χ0v) is 22.4. The fourth-order valence-electron chi connectivity index (χ4n) is 6.78. The largest absolute Gasteiger partial charge is 0.461 e. The first-order chi connectivity index (χ1) is 17.1. The van der Waals surface area contributed by atoms with E-state index in [1.807, 2.05) is 20.8 Å². The van der Waals surface area contributed by atoms with Crippen LogP contribution in [0.15, 0.2) is 25.3 Å². The highest BCUT2D eigenvalue weighted by Gasteiger charge is 2.80. The lowest BCUT2D eigenvalue weighted by Crippen LogP contribution is -2.58. The summed E-state index contributed by atoms with van der Waals surface area (Å²) < 4.78 is 12.2. The van der Waals surface area contributed by atoms with Gasteiger partial charge in [-0.05, 0) is 51.9 Å². The molecule has 7 atom stereocenters. The van der Waals surface area contributed by atoms with E-state index in [2.05, 4.69) is 20.1 Å². The quantitative estimate of drug-likeness (QED) is 0.222. The molecule has 3 rings (SSSR count). The number of rotatable bonds is 14. The number of ether oxygens (including phenoxy) is 2. The number of likely N-dealkylation sites (tertiary alicyclic amines) is 1. The molecule has 36 heavy (non-hydrogen) atoms. The van der Waals surface area contributed by atoms with Crippen LogP contribution < -0.4 is 0 Å². The molecule has 3 fully saturated rings. The van der Waals surface area contributed by atoms with Crippen molar-refractivity contribution in [3.63, 3.8) is 0 Å². The van der Waals surface area contributed by atoms with Gasteiger partial charge in [-0.15, -0.1) is 6.58 Å². The minimum atomic E-state index is -1.08. The van der Waals surface area contributed by atoms with Crippen LogP contribution >= 0.6 is 0 Å². The Bertz CT molecular complexity index is 861. The van der Waals surface area contributed by atoms with Gasteiger partial charge in [-0.2, -0.15) is 0 Å². The van der Waals surface area contributed by atoms with Gasteiger partial charge in [0.1, 0.15) is 24.2 Å². The predicted octanol–water partition coefficient (Wildman–Crippen LogP) is 3.09. The van der Waals surface area contributed by atoms with Gasteiger partial charge in [-0.1, -0.05) is 39.0 Å². The number of aliphatic hydroxyl groups is 1. The summed E-state index contributed by atoms with van der Waals surface area (Å²) in [5, 5.41) is 9.20. The molecule has 0 aromatic carbocycles. The second-order valence-electron chi connectivity index (χ2n) is 10.9. The summed E-state index contributed by atoms with van der Waals surface area (Å²) in [6, 6.07) is -0.841. The first-order valence-electron chi connectivity index (χ1n) is 13.4. The molecule has 8 heteroatoms. The van der Waals surface area contributed by atoms with E-state index < -0.39 is 35.0 Å². The summed E-state index contributed by atoms with van der Waals surface area (Å²) in [4.78, 5) is 45.1. The minimum Gasteiger partial charge on any atom is -0.461 e. The van der Waals surface area contributed by atoms with Crippen LogP contribution in [0.1, 0.15) is 66.2 Å². The highest BCUT2D eigenvalue weighted by molar-refractivity contribution is 5.98. The van der Waals surface area contributed by atoms with E-state index in [-0.39, 0.29) is 37.0 Å². The van der Waals surface area contributed by atoms with Gasteiger partial charge >= 0.3 is 5.97 Å². The number of hydrogen-bond donors (Lipinski definition) is 1. The molecular weight excluding hydrogens is 460 g/mol. The molecule has 0 radical (unpaired) electrons. The van der Waals surface area contributed by atoms with Crippen molar-refractivity contribution < 1.29 is 29.0 Å². The molecule has 3 aliphatic rings. The van der Waals surface area contributed by atoms with Crippen LogP contribution in [0.2, 0.25) is 0 Å². The molecule has 2 bridgehead atoms. The van der Waals surface area contributed by atoms with Gasteiger partial charge in [0.15, 0.2) is 0 Å². The number of carbonyl (C=O) groups is 3. The maximum Gasteiger partial charge on any atom is 0.313 e. The SMILES string of the molecule is C=CCOC(=O)[C@@H]1[C@H]2C(=O)N(CCCCCO)C(C(=O)N(CC=C)C(C)CCC)C23CC(C)[C@@]1(C)O3. The zero-order valence-electron chi connectivity index (χ0n) is 22.4. The van der Waals surface area contributed by atoms with Crippen LogP contribution in [0.4, 0.5) is 0 Å². The van der Waals surface area contributed by atoms with Crippen LogP contribution in [-0.4, -0.2) is 82.3 Å². The predicted molar refractivity (Wildman–Crippen MR) is 137 cm³/mol. The number of hydrogen-bond acceptors (Lipinski definition) is 6. The Hall–Kier alpha value is -2.19. The highest BCUT2D eigenvalue weighted by atomic mass is 16.6. The van der Waals surface area contributed by atoms with Gasteiger partial charge in [-0.3, -0.25) is 14.4 Å². The van der Waals surface area contributed by atoms with Crippen molar-refractivity contribution in [1.29, 1.82) is 0 Å². The molecule has 0 aromatic heterocycles. The standard InChI is InChI=1S/C28H44N2O6/c1-7-13-20(5)29(14-8-2)25(33)23-28-18-19(4)27(6,36-28)22(26(34)35-17-9-3)21(28)24(32)30(23)15-11-10-12-16-31/h8-9,19-23,31H,2-3,7,10-18H2,1,4-6H3/t19?,20?,21-,22-,23?,27+,28?/m0/s1. The van der Waals surface area contributed by atoms with Crippen LogP contribution in [0, 0.1) is 17.8 Å². The third kappa shape index (κ3) is 4.62. The van der Waals surface area contributed by atoms with E-state index in [0.29, 0.717) is 32.4 Å². The second kappa shape index (κ2) is 11.5. The Morgan fingerprint density at radius 3 is 2.64 bits per heavy atom. The normalized spacial score (nSPS) is 33.4. The lowest BCUT2D eigenvalue weighted by Gasteiger charge is -2.39. The van der Waals surface area contributed by atoms with Crippen molar-refractivity contribution in [3.8, 4) is 0 Å². The molecule has 4 unspecified atom stereocenters. The molecule has 1 spiro atoms. The average Bonchev–Trinajstić information content (AvgIpc) is 3.35. The zero-order chi connectivity index (χ0) is 26.7. The molecule has 0 saturated carbocycles. The Morgan fingerprint density at radius 2 is 2.03 bits per heavy atom. The van der Waals surface area contributed by atoms with Crippen molar-refractivity contribution in [2.45, 2.75) is 89.5 Å². The number of unbranched alkanes of at least 4 members (excludes halogenated alkanes) is 2. The molecule has 3 aliphatic heterocycles. The smallest absolute Gasteiger partial charge is 0.313 e. The van der Waals surface area contributed by atoms with Gasteiger partial charge in [0, 0.05) is 25.7 Å². The third-order valence-electron chi connectivity index (χ3n) is 8.55. The first kappa shape index (κ1) is 28.4. The molecule has 3 saturated heterocycles. The van der Waals surface area contributed by atoms with Crippen molar-refractivity contribution in [1.82, 2.24) is 9.80 Å². The Kier molecular flexibility index (Phi) is 9.04. The van der Waals surface area contributed by atoms with Crippen molar-refractivity contribution in [3.05, 3.63) is 25.3 Å². The lowest BCUT2D eigenvalue weighted by atomic mass is 9.62. The van der Waals surface area contributed by atoms with Gasteiger partial charge in [0.2, 0.25) is 11.8 Å². The topological polar surface area (TPSA) is 96.4 Å². The average molecular weight is 505 g/mol. The molecule has 8 nitrogen and oxygen atoms in total. The molecular formula is C28H44N2O6. The number of esters is 1. The molecule has 0 aromatic rings. The summed E-state index contributed by atoms with van der Waals surface area (Å²) in [7, 11) is 0. The Balaban J connectivity index is 2.06. The van der Waals surface area contributed by atoms with Gasteiger partial charge < -0.3 is 24.4 Å². The third-order valence-corrected chi connectivity index (χ3v) is 8.55. The maximum atomic E-state index is 14.3. The maximum absolute atomic E-state index is 14.3. The second-order valence-corrected chi connectivity index (χ2v) is 10.9. The molecule has 202 valence electrons. The monoisotopic (exact) mass is 504 g/mol. The summed E-state index contributed by atoms with van der Waals surface area (Å²) in [5.41, 5.74) is -1.97. The molecule has 1 N–H and O–H groups in total. The fourth-order valence-corrected chi connectivity index (χ4v) is 6.78. The van der Waals surface area contributed by atoms with Gasteiger partial charge in [0.25, 0.3) is 0 Å². The van der Waals surface area contributed by atoms with Crippen LogP contribution in [0.25, 0.3) is 0 Å². The summed E-state index contributed by atoms with van der Waals surface area (Å²) in [6.07, 6.45) is 7.53. The van der Waals surface area contributed by atoms with Crippen molar-refractivity contribution in [2.24, 2.45) is 17.8 Å². The van der Waals surface area contributed by atoms with Gasteiger partial charge in [-0.25, -0.2) is 0 Å². The van der Waals surface area contributed by atoms with E-state index in [4.69, 9.17) is 9.47 Å². The Labute approximate surface area is 215 Å².